The van der Waals surface area contributed by atoms with Crippen molar-refractivity contribution in [3.05, 3.63) is 93.0 Å². The van der Waals surface area contributed by atoms with E-state index in [0.717, 1.165) is 5.69 Å². The Bertz CT molecular complexity index is 1210. The predicted octanol–water partition coefficient (Wildman–Crippen LogP) is 4.14. The monoisotopic (exact) mass is 466 g/mol. The van der Waals surface area contributed by atoms with Gasteiger partial charge in [-0.2, -0.15) is 0 Å². The van der Waals surface area contributed by atoms with Gasteiger partial charge in [0.15, 0.2) is 6.79 Å². The number of nitrogens with zero attached hydrogens (tertiary/aromatic N) is 2. The number of nitro benzene ring substituents is 1. The molecule has 34 heavy (non-hydrogen) atoms. The predicted molar refractivity (Wildman–Crippen MR) is 122 cm³/mol. The van der Waals surface area contributed by atoms with Gasteiger partial charge in [0.25, 0.3) is 11.6 Å². The fourth-order valence-electron chi connectivity index (χ4n) is 3.74. The van der Waals surface area contributed by atoms with Gasteiger partial charge < -0.3 is 20.1 Å². The number of hydrogen-bond acceptors (Lipinski definition) is 7. The molecule has 2 heterocycles. The maximum atomic E-state index is 13.9. The Morgan fingerprint density at radius 1 is 1.26 bits per heavy atom. The Kier molecular flexibility index (Phi) is 6.98. The number of halogens is 1. The van der Waals surface area contributed by atoms with E-state index >= 15 is 0 Å². The molecule has 0 spiro atoms. The van der Waals surface area contributed by atoms with Crippen molar-refractivity contribution in [3.63, 3.8) is 0 Å². The zero-order chi connectivity index (χ0) is 24.1. The molecule has 1 atom stereocenters. The SMILES string of the molecule is CC(Nc1ccc(C(=O)NCCc2cc(F)cc3c2OCOC3)cc1[N+](=O)[O-])c1ccccn1. The van der Waals surface area contributed by atoms with E-state index in [4.69, 9.17) is 9.47 Å². The van der Waals surface area contributed by atoms with Gasteiger partial charge in [-0.1, -0.05) is 6.07 Å². The minimum atomic E-state index is -0.539. The average Bonchev–Trinajstić information content (AvgIpc) is 2.84. The van der Waals surface area contributed by atoms with Crippen molar-refractivity contribution in [2.75, 3.05) is 18.7 Å². The minimum absolute atomic E-state index is 0.0843. The lowest BCUT2D eigenvalue weighted by Crippen LogP contribution is -2.26. The highest BCUT2D eigenvalue weighted by Gasteiger charge is 2.20. The minimum Gasteiger partial charge on any atom is -0.467 e. The average molecular weight is 466 g/mol. The quantitative estimate of drug-likeness (QED) is 0.379. The zero-order valence-electron chi connectivity index (χ0n) is 18.4. The van der Waals surface area contributed by atoms with Gasteiger partial charge in [-0.25, -0.2) is 4.39 Å². The molecule has 1 aromatic heterocycles. The van der Waals surface area contributed by atoms with Gasteiger partial charge in [0.2, 0.25) is 0 Å². The van der Waals surface area contributed by atoms with Crippen molar-refractivity contribution in [2.24, 2.45) is 0 Å². The number of rotatable bonds is 8. The summed E-state index contributed by atoms with van der Waals surface area (Å²) in [6, 6.07) is 12.1. The van der Waals surface area contributed by atoms with Crippen LogP contribution in [0.1, 0.15) is 40.1 Å². The Morgan fingerprint density at radius 2 is 2.12 bits per heavy atom. The Hall–Kier alpha value is -4.05. The number of pyridine rings is 1. The highest BCUT2D eigenvalue weighted by molar-refractivity contribution is 5.95. The number of carbonyl (C=O) groups excluding carboxylic acids is 1. The first-order valence-electron chi connectivity index (χ1n) is 10.7. The van der Waals surface area contributed by atoms with Gasteiger partial charge in [-0.15, -0.1) is 0 Å². The largest absolute Gasteiger partial charge is 0.467 e. The van der Waals surface area contributed by atoms with E-state index in [-0.39, 0.29) is 42.9 Å². The molecule has 0 saturated heterocycles. The van der Waals surface area contributed by atoms with E-state index in [9.17, 15) is 19.3 Å². The van der Waals surface area contributed by atoms with Crippen LogP contribution in [0.3, 0.4) is 0 Å². The van der Waals surface area contributed by atoms with Crippen LogP contribution in [0.4, 0.5) is 15.8 Å². The summed E-state index contributed by atoms with van der Waals surface area (Å²) in [5.41, 5.74) is 2.18. The number of nitrogens with one attached hydrogen (secondary N) is 2. The molecule has 1 aliphatic heterocycles. The zero-order valence-corrected chi connectivity index (χ0v) is 18.4. The summed E-state index contributed by atoms with van der Waals surface area (Å²) in [4.78, 5) is 28.0. The van der Waals surface area contributed by atoms with Gasteiger partial charge in [0, 0.05) is 29.9 Å². The van der Waals surface area contributed by atoms with Gasteiger partial charge in [0.05, 0.1) is 23.3 Å². The van der Waals surface area contributed by atoms with Crippen LogP contribution in [-0.2, 0) is 17.8 Å². The summed E-state index contributed by atoms with van der Waals surface area (Å²) in [5, 5.41) is 17.4. The summed E-state index contributed by atoms with van der Waals surface area (Å²) in [5.74, 6) is -0.315. The third kappa shape index (κ3) is 5.29. The maximum absolute atomic E-state index is 13.9. The summed E-state index contributed by atoms with van der Waals surface area (Å²) in [6.45, 7) is 2.38. The number of amides is 1. The number of fused-ring (bicyclic) bond motifs is 1. The van der Waals surface area contributed by atoms with Crippen LogP contribution in [0.5, 0.6) is 5.75 Å². The molecule has 4 rings (SSSR count). The number of anilines is 1. The molecule has 3 aromatic rings. The Balaban J connectivity index is 1.43. The Labute approximate surface area is 195 Å². The number of hydrogen-bond donors (Lipinski definition) is 2. The maximum Gasteiger partial charge on any atom is 0.293 e. The second-order valence-electron chi connectivity index (χ2n) is 7.78. The van der Waals surface area contributed by atoms with Crippen molar-refractivity contribution in [1.82, 2.24) is 10.3 Å². The molecule has 1 aliphatic rings. The van der Waals surface area contributed by atoms with Gasteiger partial charge in [-0.3, -0.25) is 19.9 Å². The third-order valence-corrected chi connectivity index (χ3v) is 5.39. The molecule has 0 aliphatic carbocycles. The third-order valence-electron chi connectivity index (χ3n) is 5.39. The molecule has 0 fully saturated rings. The highest BCUT2D eigenvalue weighted by Crippen LogP contribution is 2.30. The molecular formula is C24H23FN4O5. The van der Waals surface area contributed by atoms with E-state index in [1.54, 1.807) is 12.3 Å². The van der Waals surface area contributed by atoms with E-state index in [1.807, 2.05) is 19.1 Å². The molecule has 1 amide bonds. The standard InChI is InChI=1S/C24H23FN4O5/c1-15(20-4-2-3-8-26-20)28-21-6-5-17(12-22(21)29(31)32)24(30)27-9-7-16-10-19(25)11-18-13-33-14-34-23(16)18/h2-6,8,10-12,15,28H,7,9,13-14H2,1H3,(H,27,30). The lowest BCUT2D eigenvalue weighted by molar-refractivity contribution is -0.384. The molecule has 176 valence electrons. The van der Waals surface area contributed by atoms with Gasteiger partial charge >= 0.3 is 0 Å². The van der Waals surface area contributed by atoms with E-state index in [0.29, 0.717) is 23.3 Å². The van der Waals surface area contributed by atoms with Crippen LogP contribution in [0, 0.1) is 15.9 Å². The second kappa shape index (κ2) is 10.3. The Morgan fingerprint density at radius 3 is 2.88 bits per heavy atom. The lowest BCUT2D eigenvalue weighted by Gasteiger charge is -2.21. The van der Waals surface area contributed by atoms with Crippen LogP contribution in [0.15, 0.2) is 54.7 Å². The van der Waals surface area contributed by atoms with Crippen LogP contribution >= 0.6 is 0 Å². The lowest BCUT2D eigenvalue weighted by atomic mass is 10.1. The summed E-state index contributed by atoms with van der Waals surface area (Å²) in [6.07, 6.45) is 1.98. The van der Waals surface area contributed by atoms with Crippen molar-refractivity contribution < 1.29 is 23.6 Å². The van der Waals surface area contributed by atoms with Crippen molar-refractivity contribution in [1.29, 1.82) is 0 Å². The van der Waals surface area contributed by atoms with E-state index in [2.05, 4.69) is 15.6 Å². The molecule has 9 nitrogen and oxygen atoms in total. The van der Waals surface area contributed by atoms with Crippen molar-refractivity contribution in [2.45, 2.75) is 26.0 Å². The van der Waals surface area contributed by atoms with Gasteiger partial charge in [0.1, 0.15) is 17.3 Å². The number of ether oxygens (including phenoxy) is 2. The fourth-order valence-corrected chi connectivity index (χ4v) is 3.74. The topological polar surface area (TPSA) is 116 Å². The fraction of sp³-hybridized carbons (Fsp3) is 0.250. The van der Waals surface area contributed by atoms with E-state index < -0.39 is 16.6 Å². The first-order chi connectivity index (χ1) is 16.4. The second-order valence-corrected chi connectivity index (χ2v) is 7.78. The molecule has 2 aromatic carbocycles. The number of carbonyl (C=O) groups is 1. The number of aromatic nitrogens is 1. The van der Waals surface area contributed by atoms with Crippen molar-refractivity contribution >= 4 is 17.3 Å². The normalized spacial score (nSPS) is 13.4. The summed E-state index contributed by atoms with van der Waals surface area (Å²) in [7, 11) is 0. The van der Waals surface area contributed by atoms with Crippen LogP contribution in [0.25, 0.3) is 0 Å². The molecule has 10 heteroatoms. The van der Waals surface area contributed by atoms with Crippen molar-refractivity contribution in [3.8, 4) is 5.75 Å². The highest BCUT2D eigenvalue weighted by atomic mass is 19.1. The van der Waals surface area contributed by atoms with Gasteiger partial charge in [-0.05, 0) is 55.3 Å². The van der Waals surface area contributed by atoms with Crippen LogP contribution in [-0.4, -0.2) is 29.2 Å². The smallest absolute Gasteiger partial charge is 0.293 e. The molecule has 1 unspecified atom stereocenters. The molecule has 0 saturated carbocycles. The molecular weight excluding hydrogens is 443 g/mol. The first-order valence-corrected chi connectivity index (χ1v) is 10.7. The molecule has 0 bridgehead atoms. The van der Waals surface area contributed by atoms with Crippen LogP contribution in [0.2, 0.25) is 0 Å². The van der Waals surface area contributed by atoms with E-state index in [1.165, 1.54) is 30.3 Å². The summed E-state index contributed by atoms with van der Waals surface area (Å²) < 4.78 is 24.5. The number of nitro groups is 1. The molecule has 2 N–H and O–H groups in total. The van der Waals surface area contributed by atoms with Crippen LogP contribution < -0.4 is 15.4 Å². The number of benzene rings is 2. The summed E-state index contributed by atoms with van der Waals surface area (Å²) >= 11 is 0. The molecule has 0 radical (unpaired) electrons. The first kappa shape index (κ1) is 23.1.